The molecular weight excluding hydrogens is 247 g/mol. The summed E-state index contributed by atoms with van der Waals surface area (Å²) < 4.78 is 39.4. The first-order valence-corrected chi connectivity index (χ1v) is 7.50. The van der Waals surface area contributed by atoms with Gasteiger partial charge in [-0.25, -0.2) is 4.31 Å². The standard InChI is InChI=1S/C12H22F3NS/c1-10(12(13,14)15)8-9-16(17-2)11-6-4-3-5-7-11/h10-11H,3-9H2,1-2H3. The van der Waals surface area contributed by atoms with Crippen LogP contribution in [0.15, 0.2) is 0 Å². The summed E-state index contributed by atoms with van der Waals surface area (Å²) in [5.74, 6) is -1.19. The zero-order valence-electron chi connectivity index (χ0n) is 10.6. The van der Waals surface area contributed by atoms with E-state index in [2.05, 4.69) is 4.31 Å². The van der Waals surface area contributed by atoms with E-state index in [-0.39, 0.29) is 6.42 Å². The van der Waals surface area contributed by atoms with E-state index in [1.165, 1.54) is 26.2 Å². The first kappa shape index (κ1) is 15.2. The highest BCUT2D eigenvalue weighted by Crippen LogP contribution is 2.31. The van der Waals surface area contributed by atoms with Crippen molar-refractivity contribution in [2.24, 2.45) is 5.92 Å². The van der Waals surface area contributed by atoms with Gasteiger partial charge >= 0.3 is 6.18 Å². The minimum Gasteiger partial charge on any atom is -0.248 e. The summed E-state index contributed by atoms with van der Waals surface area (Å²) in [5.41, 5.74) is 0. The third-order valence-electron chi connectivity index (χ3n) is 3.56. The van der Waals surface area contributed by atoms with Crippen molar-refractivity contribution in [3.05, 3.63) is 0 Å². The molecule has 1 rings (SSSR count). The highest BCUT2D eigenvalue weighted by Gasteiger charge is 2.36. The van der Waals surface area contributed by atoms with E-state index in [4.69, 9.17) is 0 Å². The third-order valence-corrected chi connectivity index (χ3v) is 4.51. The lowest BCUT2D eigenvalue weighted by Gasteiger charge is -2.33. The van der Waals surface area contributed by atoms with Crippen molar-refractivity contribution in [1.29, 1.82) is 0 Å². The van der Waals surface area contributed by atoms with Crippen molar-refractivity contribution in [3.8, 4) is 0 Å². The van der Waals surface area contributed by atoms with E-state index >= 15 is 0 Å². The molecule has 0 N–H and O–H groups in total. The van der Waals surface area contributed by atoms with Crippen LogP contribution in [0.1, 0.15) is 45.4 Å². The van der Waals surface area contributed by atoms with Crippen LogP contribution in [-0.2, 0) is 0 Å². The quantitative estimate of drug-likeness (QED) is 0.677. The van der Waals surface area contributed by atoms with Gasteiger partial charge in [0.1, 0.15) is 0 Å². The molecule has 0 aliphatic heterocycles. The second-order valence-corrected chi connectivity index (χ2v) is 5.68. The van der Waals surface area contributed by atoms with Crippen LogP contribution in [0.3, 0.4) is 0 Å². The molecule has 1 unspecified atom stereocenters. The van der Waals surface area contributed by atoms with Crippen LogP contribution < -0.4 is 0 Å². The van der Waals surface area contributed by atoms with E-state index in [0.29, 0.717) is 12.6 Å². The average molecular weight is 269 g/mol. The maximum absolute atomic E-state index is 12.4. The molecule has 0 amide bonds. The lowest BCUT2D eigenvalue weighted by atomic mass is 9.95. The molecule has 0 aromatic rings. The van der Waals surface area contributed by atoms with Gasteiger partial charge in [0.05, 0.1) is 5.92 Å². The van der Waals surface area contributed by atoms with Crippen molar-refractivity contribution in [3.63, 3.8) is 0 Å². The molecule has 0 heterocycles. The normalized spacial score (nSPS) is 20.8. The third kappa shape index (κ3) is 5.08. The fourth-order valence-corrected chi connectivity index (χ4v) is 3.07. The van der Waals surface area contributed by atoms with E-state index in [1.807, 2.05) is 6.26 Å². The molecule has 0 aromatic heterocycles. The number of alkyl halides is 3. The van der Waals surface area contributed by atoms with E-state index in [1.54, 1.807) is 11.9 Å². The lowest BCUT2D eigenvalue weighted by Crippen LogP contribution is -2.34. The number of hydrogen-bond donors (Lipinski definition) is 0. The Labute approximate surface area is 106 Å². The number of rotatable bonds is 5. The summed E-state index contributed by atoms with van der Waals surface area (Å²) >= 11 is 1.60. The second kappa shape index (κ2) is 6.88. The molecule has 0 spiro atoms. The van der Waals surface area contributed by atoms with Crippen molar-refractivity contribution in [2.45, 2.75) is 57.7 Å². The Bertz CT molecular complexity index is 214. The number of hydrogen-bond acceptors (Lipinski definition) is 2. The maximum atomic E-state index is 12.4. The molecule has 0 saturated heterocycles. The average Bonchev–Trinajstić information content (AvgIpc) is 2.29. The largest absolute Gasteiger partial charge is 0.391 e. The minimum atomic E-state index is -4.04. The SMILES string of the molecule is CSN(CCC(C)C(F)(F)F)C1CCCCC1. The molecule has 0 aromatic carbocycles. The molecule has 1 atom stereocenters. The van der Waals surface area contributed by atoms with Gasteiger partial charge in [-0.3, -0.25) is 0 Å². The van der Waals surface area contributed by atoms with Gasteiger partial charge in [-0.1, -0.05) is 38.1 Å². The van der Waals surface area contributed by atoms with Crippen LogP contribution in [0.25, 0.3) is 0 Å². The fourth-order valence-electron chi connectivity index (χ4n) is 2.28. The van der Waals surface area contributed by atoms with Crippen LogP contribution in [0.4, 0.5) is 13.2 Å². The summed E-state index contributed by atoms with van der Waals surface area (Å²) in [6.07, 6.45) is 4.12. The topological polar surface area (TPSA) is 3.24 Å². The van der Waals surface area contributed by atoms with Crippen LogP contribution in [0.2, 0.25) is 0 Å². The molecule has 102 valence electrons. The zero-order valence-corrected chi connectivity index (χ0v) is 11.4. The lowest BCUT2D eigenvalue weighted by molar-refractivity contribution is -0.171. The summed E-state index contributed by atoms with van der Waals surface area (Å²) in [6, 6.07) is 0.485. The van der Waals surface area contributed by atoms with Gasteiger partial charge in [0.2, 0.25) is 0 Å². The molecule has 1 nitrogen and oxygen atoms in total. The Morgan fingerprint density at radius 3 is 2.29 bits per heavy atom. The van der Waals surface area contributed by atoms with Gasteiger partial charge in [0.25, 0.3) is 0 Å². The Kier molecular flexibility index (Phi) is 6.13. The predicted molar refractivity (Wildman–Crippen MR) is 66.9 cm³/mol. The molecule has 0 bridgehead atoms. The Balaban J connectivity index is 2.36. The fraction of sp³-hybridized carbons (Fsp3) is 1.00. The summed E-state index contributed by atoms with van der Waals surface area (Å²) in [6.45, 7) is 1.83. The van der Waals surface area contributed by atoms with E-state index in [9.17, 15) is 13.2 Å². The van der Waals surface area contributed by atoms with Crippen molar-refractivity contribution < 1.29 is 13.2 Å². The first-order valence-electron chi connectivity index (χ1n) is 6.32. The van der Waals surface area contributed by atoms with Gasteiger partial charge in [-0.05, 0) is 25.5 Å². The summed E-state index contributed by atoms with van der Waals surface area (Å²) in [7, 11) is 0. The molecule has 0 radical (unpaired) electrons. The number of nitrogens with zero attached hydrogens (tertiary/aromatic N) is 1. The second-order valence-electron chi connectivity index (χ2n) is 4.85. The Morgan fingerprint density at radius 1 is 1.24 bits per heavy atom. The van der Waals surface area contributed by atoms with E-state index in [0.717, 1.165) is 12.8 Å². The summed E-state index contributed by atoms with van der Waals surface area (Å²) in [5, 5.41) is 0. The maximum Gasteiger partial charge on any atom is 0.391 e. The van der Waals surface area contributed by atoms with Gasteiger partial charge in [0.15, 0.2) is 0 Å². The smallest absolute Gasteiger partial charge is 0.248 e. The van der Waals surface area contributed by atoms with E-state index < -0.39 is 12.1 Å². The van der Waals surface area contributed by atoms with Gasteiger partial charge in [-0.2, -0.15) is 13.2 Å². The van der Waals surface area contributed by atoms with Crippen LogP contribution in [-0.4, -0.2) is 29.3 Å². The summed E-state index contributed by atoms with van der Waals surface area (Å²) in [4.78, 5) is 0. The molecule has 1 aliphatic carbocycles. The zero-order chi connectivity index (χ0) is 12.9. The molecular formula is C12H22F3NS. The van der Waals surface area contributed by atoms with Crippen LogP contribution in [0.5, 0.6) is 0 Å². The predicted octanol–water partition coefficient (Wildman–Crippen LogP) is 4.49. The van der Waals surface area contributed by atoms with Crippen molar-refractivity contribution in [2.75, 3.05) is 12.8 Å². The van der Waals surface area contributed by atoms with Crippen LogP contribution in [0, 0.1) is 5.92 Å². The minimum absolute atomic E-state index is 0.209. The molecule has 1 aliphatic rings. The Morgan fingerprint density at radius 2 is 1.82 bits per heavy atom. The monoisotopic (exact) mass is 269 g/mol. The van der Waals surface area contributed by atoms with Gasteiger partial charge in [0, 0.05) is 12.6 Å². The number of halogens is 3. The molecule has 1 saturated carbocycles. The molecule has 1 fully saturated rings. The van der Waals surface area contributed by atoms with Gasteiger partial charge in [-0.15, -0.1) is 0 Å². The molecule has 17 heavy (non-hydrogen) atoms. The molecule has 5 heteroatoms. The Hall–Kier alpha value is 0.100. The van der Waals surface area contributed by atoms with Crippen molar-refractivity contribution in [1.82, 2.24) is 4.31 Å². The highest BCUT2D eigenvalue weighted by atomic mass is 32.2. The van der Waals surface area contributed by atoms with Gasteiger partial charge < -0.3 is 0 Å². The first-order chi connectivity index (χ1) is 7.95. The van der Waals surface area contributed by atoms with Crippen LogP contribution >= 0.6 is 11.9 Å². The highest BCUT2D eigenvalue weighted by molar-refractivity contribution is 7.96. The van der Waals surface area contributed by atoms with Crippen molar-refractivity contribution >= 4 is 11.9 Å².